The highest BCUT2D eigenvalue weighted by atomic mass is 16.5. The van der Waals surface area contributed by atoms with Crippen LogP contribution >= 0.6 is 0 Å². The summed E-state index contributed by atoms with van der Waals surface area (Å²) < 4.78 is 5.00. The van der Waals surface area contributed by atoms with E-state index in [0.29, 0.717) is 0 Å². The molecule has 1 fully saturated rings. The molecule has 1 aliphatic heterocycles. The van der Waals surface area contributed by atoms with Crippen LogP contribution in [0.4, 0.5) is 0 Å². The Kier molecular flexibility index (Phi) is 8.47. The van der Waals surface area contributed by atoms with Gasteiger partial charge in [-0.05, 0) is 28.9 Å². The number of likely N-dealkylation sites (tertiary alicyclic amines) is 1. The second kappa shape index (κ2) is 11.0. The summed E-state index contributed by atoms with van der Waals surface area (Å²) in [6, 6.07) is 6.06. The summed E-state index contributed by atoms with van der Waals surface area (Å²) in [6.45, 7) is 13.7. The molecule has 2 heterocycles. The molecule has 1 aromatic heterocycles. The number of amides is 3. The van der Waals surface area contributed by atoms with E-state index < -0.39 is 23.6 Å². The first-order valence-electron chi connectivity index (χ1n) is 12.7. The van der Waals surface area contributed by atoms with Crippen LogP contribution in [-0.4, -0.2) is 57.6 Å². The molecule has 37 heavy (non-hydrogen) atoms. The number of nitrogens with one attached hydrogen (secondary N) is 2. The van der Waals surface area contributed by atoms with Crippen molar-refractivity contribution in [3.8, 4) is 11.1 Å². The maximum atomic E-state index is 13.6. The molecule has 1 aliphatic rings. The number of aliphatic hydroxyl groups excluding tert-OH is 1. The van der Waals surface area contributed by atoms with Gasteiger partial charge in [-0.25, -0.2) is 0 Å². The summed E-state index contributed by atoms with van der Waals surface area (Å²) in [5, 5.41) is 20.0. The first-order valence-corrected chi connectivity index (χ1v) is 12.7. The third-order valence-electron chi connectivity index (χ3n) is 6.46. The topological polar surface area (TPSA) is 125 Å². The van der Waals surface area contributed by atoms with Crippen LogP contribution in [0.5, 0.6) is 0 Å². The van der Waals surface area contributed by atoms with Gasteiger partial charge in [0, 0.05) is 31.5 Å². The van der Waals surface area contributed by atoms with E-state index in [4.69, 9.17) is 4.52 Å². The van der Waals surface area contributed by atoms with Crippen molar-refractivity contribution in [1.29, 1.82) is 0 Å². The fourth-order valence-corrected chi connectivity index (χ4v) is 4.49. The Balaban J connectivity index is 1.68. The van der Waals surface area contributed by atoms with Crippen molar-refractivity contribution >= 4 is 17.7 Å². The van der Waals surface area contributed by atoms with Crippen molar-refractivity contribution in [3.63, 3.8) is 0 Å². The van der Waals surface area contributed by atoms with Crippen LogP contribution in [0, 0.1) is 17.8 Å². The second-order valence-electron chi connectivity index (χ2n) is 12.2. The van der Waals surface area contributed by atoms with Gasteiger partial charge in [-0.1, -0.05) is 71.0 Å². The third-order valence-corrected chi connectivity index (χ3v) is 6.46. The number of aliphatic hydroxyl groups is 1. The Hall–Kier alpha value is -3.20. The SMILES string of the molecule is Cc1nocc1-c1ccc(CNC(=O)C2CC(O)CN2C(=O)C(NC(=O)CC(C)(C)C)C(C)(C)C)cc1. The Labute approximate surface area is 219 Å². The number of benzene rings is 1. The molecule has 9 heteroatoms. The molecule has 0 spiro atoms. The van der Waals surface area contributed by atoms with Crippen molar-refractivity contribution in [2.75, 3.05) is 6.54 Å². The van der Waals surface area contributed by atoms with Crippen molar-refractivity contribution in [1.82, 2.24) is 20.7 Å². The van der Waals surface area contributed by atoms with Crippen LogP contribution < -0.4 is 10.6 Å². The third kappa shape index (κ3) is 7.41. The zero-order valence-corrected chi connectivity index (χ0v) is 22.9. The minimum Gasteiger partial charge on any atom is -0.391 e. The van der Waals surface area contributed by atoms with Crippen LogP contribution in [0.1, 0.15) is 65.6 Å². The van der Waals surface area contributed by atoms with Crippen molar-refractivity contribution < 1.29 is 24.0 Å². The summed E-state index contributed by atoms with van der Waals surface area (Å²) >= 11 is 0. The number of aromatic nitrogens is 1. The van der Waals surface area contributed by atoms with Crippen molar-refractivity contribution in [2.45, 2.75) is 86.0 Å². The van der Waals surface area contributed by atoms with Crippen LogP contribution in [0.25, 0.3) is 11.1 Å². The summed E-state index contributed by atoms with van der Waals surface area (Å²) in [6.07, 6.45) is 1.21. The average Bonchev–Trinajstić information content (AvgIpc) is 3.39. The van der Waals surface area contributed by atoms with E-state index >= 15 is 0 Å². The van der Waals surface area contributed by atoms with Gasteiger partial charge in [0.15, 0.2) is 0 Å². The van der Waals surface area contributed by atoms with Gasteiger partial charge in [-0.2, -0.15) is 0 Å². The van der Waals surface area contributed by atoms with Gasteiger partial charge in [0.1, 0.15) is 18.3 Å². The standard InChI is InChI=1S/C28H40N4O5/c1-17-21(16-37-31-17)19-10-8-18(9-11-19)14-29-25(35)22-12-20(33)15-32(22)26(36)24(28(5,6)7)30-23(34)13-27(2,3)4/h8-11,16,20,22,24,33H,12-15H2,1-7H3,(H,29,35)(H,30,34). The number of β-amino-alcohol motifs (C(OH)–C–C–N with tert-alkyl or cyclic N) is 1. The van der Waals surface area contributed by atoms with Gasteiger partial charge >= 0.3 is 0 Å². The van der Waals surface area contributed by atoms with Gasteiger partial charge in [-0.15, -0.1) is 0 Å². The van der Waals surface area contributed by atoms with Gasteiger partial charge in [0.25, 0.3) is 0 Å². The fourth-order valence-electron chi connectivity index (χ4n) is 4.49. The molecule has 1 saturated heterocycles. The number of hydrogen-bond acceptors (Lipinski definition) is 6. The van der Waals surface area contributed by atoms with E-state index in [1.807, 2.05) is 72.7 Å². The van der Waals surface area contributed by atoms with Crippen LogP contribution in [0.3, 0.4) is 0 Å². The monoisotopic (exact) mass is 512 g/mol. The lowest BCUT2D eigenvalue weighted by Crippen LogP contribution is -2.58. The predicted octanol–water partition coefficient (Wildman–Crippen LogP) is 3.20. The lowest BCUT2D eigenvalue weighted by molar-refractivity contribution is -0.144. The average molecular weight is 513 g/mol. The summed E-state index contributed by atoms with van der Waals surface area (Å²) in [5.74, 6) is -0.913. The molecule has 0 saturated carbocycles. The number of rotatable bonds is 7. The highest BCUT2D eigenvalue weighted by molar-refractivity contribution is 5.93. The summed E-state index contributed by atoms with van der Waals surface area (Å²) in [7, 11) is 0. The fraction of sp³-hybridized carbons (Fsp3) is 0.571. The van der Waals surface area contributed by atoms with E-state index in [0.717, 1.165) is 22.4 Å². The van der Waals surface area contributed by atoms with E-state index in [1.54, 1.807) is 6.26 Å². The molecule has 3 atom stereocenters. The zero-order valence-electron chi connectivity index (χ0n) is 22.9. The second-order valence-corrected chi connectivity index (χ2v) is 12.2. The van der Waals surface area contributed by atoms with Gasteiger partial charge in [-0.3, -0.25) is 14.4 Å². The molecular weight excluding hydrogens is 472 g/mol. The molecule has 0 radical (unpaired) electrons. The molecule has 9 nitrogen and oxygen atoms in total. The largest absolute Gasteiger partial charge is 0.391 e. The molecule has 3 N–H and O–H groups in total. The first-order chi connectivity index (χ1) is 17.2. The van der Waals surface area contributed by atoms with Crippen molar-refractivity contribution in [2.24, 2.45) is 10.8 Å². The molecule has 0 aliphatic carbocycles. The minimum atomic E-state index is -0.823. The lowest BCUT2D eigenvalue weighted by atomic mass is 9.84. The van der Waals surface area contributed by atoms with Crippen LogP contribution in [0.2, 0.25) is 0 Å². The molecule has 2 aromatic rings. The highest BCUT2D eigenvalue weighted by Crippen LogP contribution is 2.27. The molecule has 3 rings (SSSR count). The maximum absolute atomic E-state index is 13.6. The Morgan fingerprint density at radius 1 is 1.14 bits per heavy atom. The number of carbonyl (C=O) groups is 3. The van der Waals surface area contributed by atoms with Crippen LogP contribution in [0.15, 0.2) is 35.1 Å². The Morgan fingerprint density at radius 2 is 1.78 bits per heavy atom. The summed E-state index contributed by atoms with van der Waals surface area (Å²) in [4.78, 5) is 40.8. The minimum absolute atomic E-state index is 0.0470. The number of hydrogen-bond donors (Lipinski definition) is 3. The summed E-state index contributed by atoms with van der Waals surface area (Å²) in [5.41, 5.74) is 2.76. The first kappa shape index (κ1) is 28.4. The highest BCUT2D eigenvalue weighted by Gasteiger charge is 2.44. The quantitative estimate of drug-likeness (QED) is 0.523. The van der Waals surface area contributed by atoms with Gasteiger partial charge < -0.3 is 25.2 Å². The zero-order chi connectivity index (χ0) is 27.5. The van der Waals surface area contributed by atoms with Gasteiger partial charge in [0.05, 0.1) is 11.8 Å². The smallest absolute Gasteiger partial charge is 0.246 e. The van der Waals surface area contributed by atoms with E-state index in [2.05, 4.69) is 15.8 Å². The number of aryl methyl sites for hydroxylation is 1. The van der Waals surface area contributed by atoms with E-state index in [9.17, 15) is 19.5 Å². The molecule has 202 valence electrons. The Bertz CT molecular complexity index is 1110. The normalized spacial score (nSPS) is 19.0. The molecule has 3 unspecified atom stereocenters. The lowest BCUT2D eigenvalue weighted by Gasteiger charge is -2.35. The van der Waals surface area contributed by atoms with E-state index in [-0.39, 0.29) is 49.1 Å². The predicted molar refractivity (Wildman–Crippen MR) is 140 cm³/mol. The maximum Gasteiger partial charge on any atom is 0.246 e. The van der Waals surface area contributed by atoms with Crippen molar-refractivity contribution in [3.05, 3.63) is 41.8 Å². The van der Waals surface area contributed by atoms with Gasteiger partial charge in [0.2, 0.25) is 17.7 Å². The molecule has 0 bridgehead atoms. The molecule has 1 aromatic carbocycles. The number of carbonyl (C=O) groups excluding carboxylic acids is 3. The van der Waals surface area contributed by atoms with E-state index in [1.165, 1.54) is 4.90 Å². The van der Waals surface area contributed by atoms with Crippen LogP contribution in [-0.2, 0) is 20.9 Å². The Morgan fingerprint density at radius 3 is 2.32 bits per heavy atom. The number of nitrogens with zero attached hydrogens (tertiary/aromatic N) is 2. The molecule has 3 amide bonds. The molecular formula is C28H40N4O5.